The summed E-state index contributed by atoms with van der Waals surface area (Å²) in [4.78, 5) is 12.0. The maximum atomic E-state index is 12.0. The Balaban J connectivity index is 1.93. The van der Waals surface area contributed by atoms with E-state index in [-0.39, 0.29) is 11.7 Å². The second-order valence-electron chi connectivity index (χ2n) is 4.46. The van der Waals surface area contributed by atoms with Crippen molar-refractivity contribution >= 4 is 39.7 Å². The SMILES string of the molecule is CCC(C)(I)C(=O)Oc1c2c3oc1cc3C(O)O2. The van der Waals surface area contributed by atoms with Crippen LogP contribution in [0.4, 0.5) is 0 Å². The minimum atomic E-state index is -1.03. The molecule has 0 spiro atoms. The molecule has 2 aromatic rings. The van der Waals surface area contributed by atoms with Gasteiger partial charge >= 0.3 is 5.97 Å². The molecule has 1 aliphatic rings. The molecule has 0 amide bonds. The zero-order valence-corrected chi connectivity index (χ0v) is 12.0. The molecule has 0 aromatic carbocycles. The first-order valence-electron chi connectivity index (χ1n) is 5.58. The van der Waals surface area contributed by atoms with Crippen molar-refractivity contribution in [3.8, 4) is 11.5 Å². The number of ether oxygens (including phenoxy) is 2. The van der Waals surface area contributed by atoms with Gasteiger partial charge in [-0.3, -0.25) is 4.79 Å². The molecule has 2 aromatic heterocycles. The van der Waals surface area contributed by atoms with Crippen LogP contribution in [-0.4, -0.2) is 14.5 Å². The predicted molar refractivity (Wildman–Crippen MR) is 71.3 cm³/mol. The first-order valence-corrected chi connectivity index (χ1v) is 6.66. The summed E-state index contributed by atoms with van der Waals surface area (Å²) in [5.74, 6) is 0.246. The van der Waals surface area contributed by atoms with Gasteiger partial charge in [0.05, 0.1) is 5.56 Å². The van der Waals surface area contributed by atoms with E-state index in [2.05, 4.69) is 22.6 Å². The molecule has 18 heavy (non-hydrogen) atoms. The van der Waals surface area contributed by atoms with Gasteiger partial charge in [0.25, 0.3) is 0 Å². The topological polar surface area (TPSA) is 68.9 Å². The highest BCUT2D eigenvalue weighted by Crippen LogP contribution is 2.52. The summed E-state index contributed by atoms with van der Waals surface area (Å²) in [5, 5.41) is 9.57. The minimum Gasteiger partial charge on any atom is -0.453 e. The molecule has 0 fully saturated rings. The number of carbonyl (C=O) groups excluding carboxylic acids is 1. The molecule has 3 heterocycles. The molecular formula is C12H11IO5. The van der Waals surface area contributed by atoms with Gasteiger partial charge in [0.1, 0.15) is 3.42 Å². The van der Waals surface area contributed by atoms with E-state index in [0.29, 0.717) is 28.9 Å². The lowest BCUT2D eigenvalue weighted by Gasteiger charge is -2.17. The third-order valence-corrected chi connectivity index (χ3v) is 4.38. The zero-order valence-electron chi connectivity index (χ0n) is 9.82. The second kappa shape index (κ2) is 3.74. The molecule has 0 saturated carbocycles. The summed E-state index contributed by atoms with van der Waals surface area (Å²) in [6.45, 7) is 3.72. The average molecular weight is 362 g/mol. The van der Waals surface area contributed by atoms with Crippen LogP contribution in [0, 0.1) is 0 Å². The first kappa shape index (κ1) is 12.0. The number of hydrogen-bond donors (Lipinski definition) is 1. The van der Waals surface area contributed by atoms with Crippen molar-refractivity contribution in [3.05, 3.63) is 11.6 Å². The Kier molecular flexibility index (Phi) is 2.50. The molecule has 0 radical (unpaired) electrons. The van der Waals surface area contributed by atoms with Crippen LogP contribution < -0.4 is 9.47 Å². The highest BCUT2D eigenvalue weighted by atomic mass is 127. The molecule has 6 heteroatoms. The number of carbonyl (C=O) groups is 1. The number of aliphatic hydroxyl groups excluding tert-OH is 1. The van der Waals surface area contributed by atoms with Crippen LogP contribution in [0.1, 0.15) is 32.1 Å². The monoisotopic (exact) mass is 362 g/mol. The van der Waals surface area contributed by atoms with Crippen LogP contribution in [0.3, 0.4) is 0 Å². The van der Waals surface area contributed by atoms with Crippen molar-refractivity contribution in [1.82, 2.24) is 0 Å². The summed E-state index contributed by atoms with van der Waals surface area (Å²) >= 11 is 2.06. The molecule has 5 nitrogen and oxygen atoms in total. The zero-order chi connectivity index (χ0) is 13.1. The molecule has 1 N–H and O–H groups in total. The number of rotatable bonds is 3. The third kappa shape index (κ3) is 1.51. The Morgan fingerprint density at radius 2 is 2.39 bits per heavy atom. The van der Waals surface area contributed by atoms with Crippen LogP contribution in [-0.2, 0) is 4.79 Å². The fourth-order valence-electron chi connectivity index (χ4n) is 1.82. The van der Waals surface area contributed by atoms with Crippen LogP contribution in [0.5, 0.6) is 11.5 Å². The van der Waals surface area contributed by atoms with Crippen molar-refractivity contribution in [3.63, 3.8) is 0 Å². The lowest BCUT2D eigenvalue weighted by atomic mass is 10.1. The Morgan fingerprint density at radius 3 is 3.06 bits per heavy atom. The lowest BCUT2D eigenvalue weighted by molar-refractivity contribution is -0.136. The van der Waals surface area contributed by atoms with Crippen molar-refractivity contribution in [2.75, 3.05) is 0 Å². The molecule has 0 saturated heterocycles. The van der Waals surface area contributed by atoms with Crippen LogP contribution in [0.2, 0.25) is 0 Å². The standard InChI is InChI=1S/C12H11IO5/c1-3-12(2,13)11(15)18-8-6-4-5-7(16-6)9(8)17-10(5)14/h4,10,14H,3H2,1-2H3. The largest absolute Gasteiger partial charge is 0.453 e. The average Bonchev–Trinajstić information content (AvgIpc) is 2.93. The predicted octanol–water partition coefficient (Wildman–Crippen LogP) is 2.76. The number of halogens is 1. The second-order valence-corrected chi connectivity index (χ2v) is 6.84. The molecular weight excluding hydrogens is 351 g/mol. The maximum absolute atomic E-state index is 12.0. The van der Waals surface area contributed by atoms with E-state index in [1.54, 1.807) is 13.0 Å². The molecule has 2 bridgehead atoms. The van der Waals surface area contributed by atoms with Gasteiger partial charge in [-0.2, -0.15) is 0 Å². The summed E-state index contributed by atoms with van der Waals surface area (Å²) in [6, 6.07) is 1.63. The van der Waals surface area contributed by atoms with Crippen molar-refractivity contribution in [1.29, 1.82) is 0 Å². The normalized spacial score (nSPS) is 21.0. The molecule has 96 valence electrons. The van der Waals surface area contributed by atoms with Crippen molar-refractivity contribution in [2.45, 2.75) is 30.0 Å². The molecule has 0 aliphatic carbocycles. The number of aliphatic hydroxyl groups is 1. The Hall–Kier alpha value is -1.02. The van der Waals surface area contributed by atoms with E-state index in [9.17, 15) is 9.90 Å². The van der Waals surface area contributed by atoms with E-state index in [1.807, 2.05) is 6.92 Å². The lowest BCUT2D eigenvalue weighted by Crippen LogP contribution is -2.31. The molecule has 3 rings (SSSR count). The quantitative estimate of drug-likeness (QED) is 0.394. The van der Waals surface area contributed by atoms with Gasteiger partial charge in [0.15, 0.2) is 11.2 Å². The first-order chi connectivity index (χ1) is 8.44. The van der Waals surface area contributed by atoms with E-state index < -0.39 is 9.71 Å². The number of fused-ring (bicyclic) bond motifs is 1. The van der Waals surface area contributed by atoms with Gasteiger partial charge in [-0.25, -0.2) is 0 Å². The summed E-state index contributed by atoms with van der Waals surface area (Å²) < 4.78 is 15.3. The minimum absolute atomic E-state index is 0.270. The van der Waals surface area contributed by atoms with Crippen molar-refractivity contribution in [2.24, 2.45) is 0 Å². The van der Waals surface area contributed by atoms with Gasteiger partial charge in [0, 0.05) is 0 Å². The fraction of sp³-hybridized carbons (Fsp3) is 0.417. The van der Waals surface area contributed by atoms with Gasteiger partial charge in [-0.05, 0) is 19.4 Å². The van der Waals surface area contributed by atoms with E-state index in [1.165, 1.54) is 0 Å². The highest BCUT2D eigenvalue weighted by Gasteiger charge is 2.38. The number of furan rings is 2. The van der Waals surface area contributed by atoms with Crippen LogP contribution in [0.25, 0.3) is 11.2 Å². The van der Waals surface area contributed by atoms with Gasteiger partial charge in [-0.15, -0.1) is 0 Å². The van der Waals surface area contributed by atoms with Crippen LogP contribution in [0.15, 0.2) is 10.5 Å². The summed E-state index contributed by atoms with van der Waals surface area (Å²) in [6.07, 6.45) is -0.368. The smallest absolute Gasteiger partial charge is 0.327 e. The van der Waals surface area contributed by atoms with E-state index in [0.717, 1.165) is 0 Å². The van der Waals surface area contributed by atoms with Crippen LogP contribution >= 0.6 is 22.6 Å². The van der Waals surface area contributed by atoms with E-state index in [4.69, 9.17) is 13.9 Å². The fourth-order valence-corrected chi connectivity index (χ4v) is 1.93. The number of esters is 1. The van der Waals surface area contributed by atoms with Crippen molar-refractivity contribution < 1.29 is 23.8 Å². The summed E-state index contributed by atoms with van der Waals surface area (Å²) in [7, 11) is 0. The number of alkyl halides is 1. The summed E-state index contributed by atoms with van der Waals surface area (Å²) in [5.41, 5.74) is 1.49. The molecule has 2 unspecified atom stereocenters. The highest BCUT2D eigenvalue weighted by molar-refractivity contribution is 14.1. The number of hydrogen-bond acceptors (Lipinski definition) is 5. The molecule has 1 aliphatic heterocycles. The van der Waals surface area contributed by atoms with Gasteiger partial charge in [-0.1, -0.05) is 29.5 Å². The van der Waals surface area contributed by atoms with Gasteiger partial charge in [0.2, 0.25) is 17.8 Å². The Labute approximate surface area is 117 Å². The molecule has 2 atom stereocenters. The van der Waals surface area contributed by atoms with Gasteiger partial charge < -0.3 is 19.0 Å². The third-order valence-electron chi connectivity index (χ3n) is 3.18. The van der Waals surface area contributed by atoms with E-state index >= 15 is 0 Å². The Morgan fingerprint density at radius 1 is 1.67 bits per heavy atom. The number of benzene rings is 1. The maximum Gasteiger partial charge on any atom is 0.327 e. The Bertz CT molecular complexity index is 615.